The van der Waals surface area contributed by atoms with Gasteiger partial charge in [-0.15, -0.1) is 0 Å². The summed E-state index contributed by atoms with van der Waals surface area (Å²) in [5.74, 6) is 0.726. The van der Waals surface area contributed by atoms with Gasteiger partial charge in [-0.25, -0.2) is 0 Å². The van der Waals surface area contributed by atoms with Gasteiger partial charge < -0.3 is 10.1 Å². The second-order valence-electron chi connectivity index (χ2n) is 4.89. The van der Waals surface area contributed by atoms with Gasteiger partial charge >= 0.3 is 0 Å². The van der Waals surface area contributed by atoms with Crippen LogP contribution in [0.4, 0.5) is 5.69 Å². The number of nitrogens with one attached hydrogen (secondary N) is 1. The number of halogens is 2. The maximum Gasteiger partial charge on any atom is 0.224 e. The predicted molar refractivity (Wildman–Crippen MR) is 84.2 cm³/mol. The highest BCUT2D eigenvalue weighted by atomic mass is 35.5. The van der Waals surface area contributed by atoms with Gasteiger partial charge in [-0.05, 0) is 36.2 Å². The molecule has 0 aromatic heterocycles. The molecule has 0 saturated carbocycles. The molecule has 0 bridgehead atoms. The summed E-state index contributed by atoms with van der Waals surface area (Å²) >= 11 is 12.0. The molecule has 3 nitrogen and oxygen atoms in total. The van der Waals surface area contributed by atoms with E-state index < -0.39 is 0 Å². The minimum absolute atomic E-state index is 0.0394. The number of hydrogen-bond acceptors (Lipinski definition) is 2. The Bertz CT molecular complexity index is 701. The van der Waals surface area contributed by atoms with Crippen molar-refractivity contribution in [2.45, 2.75) is 19.4 Å². The fraction of sp³-hybridized carbons (Fsp3) is 0.188. The standard InChI is InChI=1S/C16H13Cl2NO2/c17-12-3-5-14(18)11(7-12)9-21-13-4-1-10-2-6-16(20)19-15(10)8-13/h1,3-5,7-8H,2,6,9H2,(H,19,20). The van der Waals surface area contributed by atoms with E-state index in [4.69, 9.17) is 27.9 Å². The van der Waals surface area contributed by atoms with E-state index in [2.05, 4.69) is 5.32 Å². The average molecular weight is 322 g/mol. The summed E-state index contributed by atoms with van der Waals surface area (Å²) < 4.78 is 5.73. The SMILES string of the molecule is O=C1CCc2ccc(OCc3cc(Cl)ccc3Cl)cc2N1. The van der Waals surface area contributed by atoms with E-state index in [1.807, 2.05) is 18.2 Å². The lowest BCUT2D eigenvalue weighted by Gasteiger charge is -2.18. The van der Waals surface area contributed by atoms with E-state index in [0.717, 1.165) is 23.2 Å². The zero-order valence-electron chi connectivity index (χ0n) is 11.2. The van der Waals surface area contributed by atoms with Crippen molar-refractivity contribution in [2.24, 2.45) is 0 Å². The number of carbonyl (C=O) groups is 1. The van der Waals surface area contributed by atoms with Crippen LogP contribution in [0, 0.1) is 0 Å². The van der Waals surface area contributed by atoms with Crippen LogP contribution in [0.1, 0.15) is 17.5 Å². The van der Waals surface area contributed by atoms with Crippen molar-refractivity contribution >= 4 is 34.8 Å². The molecule has 0 saturated heterocycles. The quantitative estimate of drug-likeness (QED) is 0.906. The normalized spacial score (nSPS) is 13.5. The highest BCUT2D eigenvalue weighted by Crippen LogP contribution is 2.28. The minimum atomic E-state index is 0.0394. The summed E-state index contributed by atoms with van der Waals surface area (Å²) in [5.41, 5.74) is 2.77. The van der Waals surface area contributed by atoms with Crippen LogP contribution in [0.5, 0.6) is 5.75 Å². The number of aryl methyl sites for hydroxylation is 1. The van der Waals surface area contributed by atoms with Crippen LogP contribution in [0.3, 0.4) is 0 Å². The average Bonchev–Trinajstić information content (AvgIpc) is 2.47. The van der Waals surface area contributed by atoms with E-state index >= 15 is 0 Å². The topological polar surface area (TPSA) is 38.3 Å². The second kappa shape index (κ2) is 5.96. The van der Waals surface area contributed by atoms with Crippen LogP contribution in [-0.2, 0) is 17.8 Å². The molecule has 0 aliphatic carbocycles. The lowest BCUT2D eigenvalue weighted by Crippen LogP contribution is -2.18. The molecule has 2 aromatic carbocycles. The van der Waals surface area contributed by atoms with Crippen molar-refractivity contribution in [3.8, 4) is 5.75 Å². The van der Waals surface area contributed by atoms with E-state index in [9.17, 15) is 4.79 Å². The Morgan fingerprint density at radius 3 is 2.81 bits per heavy atom. The van der Waals surface area contributed by atoms with Crippen molar-refractivity contribution < 1.29 is 9.53 Å². The number of fused-ring (bicyclic) bond motifs is 1. The van der Waals surface area contributed by atoms with Gasteiger partial charge in [0, 0.05) is 33.8 Å². The number of benzene rings is 2. The van der Waals surface area contributed by atoms with Crippen molar-refractivity contribution in [1.82, 2.24) is 0 Å². The van der Waals surface area contributed by atoms with Gasteiger partial charge in [0.15, 0.2) is 0 Å². The van der Waals surface area contributed by atoms with Crippen LogP contribution in [0.25, 0.3) is 0 Å². The Hall–Kier alpha value is -1.71. The first kappa shape index (κ1) is 14.2. The summed E-state index contributed by atoms with van der Waals surface area (Å²) in [4.78, 5) is 11.4. The third-order valence-electron chi connectivity index (χ3n) is 3.38. The van der Waals surface area contributed by atoms with Crippen LogP contribution in [0.15, 0.2) is 36.4 Å². The van der Waals surface area contributed by atoms with E-state index in [1.165, 1.54) is 0 Å². The van der Waals surface area contributed by atoms with Gasteiger partial charge in [-0.2, -0.15) is 0 Å². The molecule has 0 unspecified atom stereocenters. The third-order valence-corrected chi connectivity index (χ3v) is 3.98. The number of hydrogen-bond donors (Lipinski definition) is 1. The summed E-state index contributed by atoms with van der Waals surface area (Å²) in [6, 6.07) is 11.0. The van der Waals surface area contributed by atoms with Gasteiger partial charge in [0.2, 0.25) is 5.91 Å². The second-order valence-corrected chi connectivity index (χ2v) is 5.74. The maximum absolute atomic E-state index is 11.4. The zero-order valence-corrected chi connectivity index (χ0v) is 12.7. The molecule has 0 radical (unpaired) electrons. The Morgan fingerprint density at radius 1 is 1.10 bits per heavy atom. The Kier molecular flexibility index (Phi) is 4.04. The Balaban J connectivity index is 1.75. The molecule has 1 aliphatic heterocycles. The monoisotopic (exact) mass is 321 g/mol. The lowest BCUT2D eigenvalue weighted by molar-refractivity contribution is -0.116. The molecule has 0 atom stereocenters. The number of rotatable bonds is 3. The summed E-state index contributed by atoms with van der Waals surface area (Å²) in [5, 5.41) is 4.09. The third kappa shape index (κ3) is 3.31. The molecule has 2 aromatic rings. The summed E-state index contributed by atoms with van der Waals surface area (Å²) in [7, 11) is 0. The van der Waals surface area contributed by atoms with Gasteiger partial charge in [0.25, 0.3) is 0 Å². The van der Waals surface area contributed by atoms with Crippen molar-refractivity contribution in [3.63, 3.8) is 0 Å². The first-order valence-corrected chi connectivity index (χ1v) is 7.37. The minimum Gasteiger partial charge on any atom is -0.489 e. The first-order chi connectivity index (χ1) is 10.1. The van der Waals surface area contributed by atoms with Crippen molar-refractivity contribution in [3.05, 3.63) is 57.6 Å². The molecule has 3 rings (SSSR count). The van der Waals surface area contributed by atoms with Gasteiger partial charge in [-0.1, -0.05) is 29.3 Å². The smallest absolute Gasteiger partial charge is 0.224 e. The molecule has 21 heavy (non-hydrogen) atoms. The van der Waals surface area contributed by atoms with E-state index in [-0.39, 0.29) is 5.91 Å². The highest BCUT2D eigenvalue weighted by molar-refractivity contribution is 6.33. The molecule has 1 amide bonds. The molecule has 1 heterocycles. The Labute approximate surface area is 132 Å². The maximum atomic E-state index is 11.4. The first-order valence-electron chi connectivity index (χ1n) is 6.61. The molecule has 0 spiro atoms. The summed E-state index contributed by atoms with van der Waals surface area (Å²) in [6.45, 7) is 0.326. The van der Waals surface area contributed by atoms with E-state index in [1.54, 1.807) is 18.2 Å². The molecule has 1 N–H and O–H groups in total. The largest absolute Gasteiger partial charge is 0.489 e. The fourth-order valence-corrected chi connectivity index (χ4v) is 2.62. The van der Waals surface area contributed by atoms with Crippen molar-refractivity contribution in [2.75, 3.05) is 5.32 Å². The van der Waals surface area contributed by atoms with Gasteiger partial charge in [0.05, 0.1) is 0 Å². The van der Waals surface area contributed by atoms with Crippen LogP contribution in [0.2, 0.25) is 10.0 Å². The Morgan fingerprint density at radius 2 is 1.95 bits per heavy atom. The molecule has 0 fully saturated rings. The van der Waals surface area contributed by atoms with E-state index in [0.29, 0.717) is 28.8 Å². The molecule has 5 heteroatoms. The lowest BCUT2D eigenvalue weighted by atomic mass is 10.0. The zero-order chi connectivity index (χ0) is 14.8. The molecular formula is C16H13Cl2NO2. The van der Waals surface area contributed by atoms with Crippen LogP contribution >= 0.6 is 23.2 Å². The highest BCUT2D eigenvalue weighted by Gasteiger charge is 2.15. The van der Waals surface area contributed by atoms with Gasteiger partial charge in [-0.3, -0.25) is 4.79 Å². The predicted octanol–water partition coefficient (Wildman–Crippen LogP) is 4.46. The van der Waals surface area contributed by atoms with Crippen LogP contribution < -0.4 is 10.1 Å². The fourth-order valence-electron chi connectivity index (χ4n) is 2.26. The number of carbonyl (C=O) groups excluding carboxylic acids is 1. The number of amides is 1. The molecule has 108 valence electrons. The summed E-state index contributed by atoms with van der Waals surface area (Å²) in [6.07, 6.45) is 1.30. The number of ether oxygens (including phenoxy) is 1. The van der Waals surface area contributed by atoms with Crippen LogP contribution in [-0.4, -0.2) is 5.91 Å². The van der Waals surface area contributed by atoms with Crippen molar-refractivity contribution in [1.29, 1.82) is 0 Å². The molecular weight excluding hydrogens is 309 g/mol. The molecule has 1 aliphatic rings. The van der Waals surface area contributed by atoms with Gasteiger partial charge in [0.1, 0.15) is 12.4 Å². The number of anilines is 1.